The highest BCUT2D eigenvalue weighted by Gasteiger charge is 2.47. The van der Waals surface area contributed by atoms with Crippen LogP contribution in [0, 0.1) is 17.8 Å². The number of rotatable bonds is 7. The van der Waals surface area contributed by atoms with Crippen LogP contribution in [0.25, 0.3) is 21.3 Å². The summed E-state index contributed by atoms with van der Waals surface area (Å²) in [6.45, 7) is 1.94. The number of aliphatic hydroxyl groups is 1. The van der Waals surface area contributed by atoms with Crippen molar-refractivity contribution in [1.29, 1.82) is 0 Å². The Morgan fingerprint density at radius 3 is 2.74 bits per heavy atom. The van der Waals surface area contributed by atoms with Crippen molar-refractivity contribution < 1.29 is 19.4 Å². The minimum Gasteiger partial charge on any atom is -0.390 e. The molecule has 1 unspecified atom stereocenters. The third-order valence-electron chi connectivity index (χ3n) is 7.55. The van der Waals surface area contributed by atoms with Crippen LogP contribution >= 0.6 is 11.3 Å². The fourth-order valence-corrected chi connectivity index (χ4v) is 6.31. The van der Waals surface area contributed by atoms with Crippen LogP contribution in [0.2, 0.25) is 0 Å². The third-order valence-corrected chi connectivity index (χ3v) is 8.48. The van der Waals surface area contributed by atoms with Gasteiger partial charge in [0.15, 0.2) is 11.0 Å². The van der Waals surface area contributed by atoms with E-state index < -0.39 is 0 Å². The van der Waals surface area contributed by atoms with Gasteiger partial charge >= 0.3 is 0 Å². The monoisotopic (exact) mass is 494 g/mol. The highest BCUT2D eigenvalue weighted by molar-refractivity contribution is 7.22. The van der Waals surface area contributed by atoms with Crippen molar-refractivity contribution >= 4 is 32.6 Å². The Kier molecular flexibility index (Phi) is 6.49. The van der Waals surface area contributed by atoms with E-state index in [2.05, 4.69) is 26.3 Å². The SMILES string of the molecule is O=C(Nc1nc2ccc(-c3cnc(CO[C@H]4CCC[C@@H]4O)nc3)cc2s1)C1C[C@H]1C1CCOCC1. The first-order valence-corrected chi connectivity index (χ1v) is 13.4. The Bertz CT molecular complexity index is 1190. The predicted molar refractivity (Wildman–Crippen MR) is 133 cm³/mol. The molecule has 2 N–H and O–H groups in total. The first-order valence-electron chi connectivity index (χ1n) is 12.5. The normalized spacial score (nSPS) is 26.8. The minimum atomic E-state index is -0.382. The zero-order valence-corrected chi connectivity index (χ0v) is 20.4. The Morgan fingerprint density at radius 2 is 1.97 bits per heavy atom. The summed E-state index contributed by atoms with van der Waals surface area (Å²) in [6.07, 6.45) is 8.89. The van der Waals surface area contributed by atoms with Gasteiger partial charge in [0.05, 0.1) is 22.4 Å². The molecule has 1 amide bonds. The second-order valence-corrected chi connectivity index (χ2v) is 10.9. The molecule has 8 nitrogen and oxygen atoms in total. The molecular formula is C26H30N4O4S. The van der Waals surface area contributed by atoms with Crippen molar-refractivity contribution in [2.75, 3.05) is 18.5 Å². The molecule has 2 aliphatic carbocycles. The van der Waals surface area contributed by atoms with Gasteiger partial charge < -0.3 is 19.9 Å². The summed E-state index contributed by atoms with van der Waals surface area (Å²) >= 11 is 1.49. The molecule has 0 bridgehead atoms. The van der Waals surface area contributed by atoms with Crippen LogP contribution in [0.5, 0.6) is 0 Å². The fraction of sp³-hybridized carbons (Fsp3) is 0.538. The summed E-state index contributed by atoms with van der Waals surface area (Å²) in [6, 6.07) is 6.03. The molecule has 0 spiro atoms. The maximum Gasteiger partial charge on any atom is 0.229 e. The van der Waals surface area contributed by atoms with Gasteiger partial charge in [0, 0.05) is 37.1 Å². The van der Waals surface area contributed by atoms with E-state index in [4.69, 9.17) is 9.47 Å². The van der Waals surface area contributed by atoms with Crippen LogP contribution in [0.1, 0.15) is 44.3 Å². The maximum atomic E-state index is 12.8. The average Bonchev–Trinajstić information content (AvgIpc) is 3.44. The van der Waals surface area contributed by atoms with E-state index >= 15 is 0 Å². The van der Waals surface area contributed by atoms with Gasteiger partial charge in [-0.15, -0.1) is 0 Å². The number of carbonyl (C=O) groups is 1. The molecule has 35 heavy (non-hydrogen) atoms. The zero-order valence-electron chi connectivity index (χ0n) is 19.6. The number of aliphatic hydroxyl groups excluding tert-OH is 1. The highest BCUT2D eigenvalue weighted by Crippen LogP contribution is 2.48. The first-order chi connectivity index (χ1) is 17.1. The number of benzene rings is 1. The number of aromatic nitrogens is 3. The van der Waals surface area contributed by atoms with Crippen molar-refractivity contribution in [3.8, 4) is 11.1 Å². The molecule has 1 aromatic carbocycles. The quantitative estimate of drug-likeness (QED) is 0.507. The number of fused-ring (bicyclic) bond motifs is 1. The number of hydrogen-bond donors (Lipinski definition) is 2. The molecule has 1 aliphatic heterocycles. The molecule has 1 saturated heterocycles. The van der Waals surface area contributed by atoms with Gasteiger partial charge in [0.1, 0.15) is 6.61 Å². The number of thiazole rings is 1. The van der Waals surface area contributed by atoms with Crippen molar-refractivity contribution in [2.45, 2.75) is 57.3 Å². The molecule has 3 aromatic rings. The predicted octanol–water partition coefficient (Wildman–Crippen LogP) is 4.18. The molecule has 184 valence electrons. The van der Waals surface area contributed by atoms with Crippen molar-refractivity contribution in [3.63, 3.8) is 0 Å². The second-order valence-electron chi connectivity index (χ2n) is 9.88. The van der Waals surface area contributed by atoms with Crippen LogP contribution in [0.4, 0.5) is 5.13 Å². The van der Waals surface area contributed by atoms with E-state index in [1.165, 1.54) is 11.3 Å². The van der Waals surface area contributed by atoms with E-state index in [1.807, 2.05) is 12.1 Å². The van der Waals surface area contributed by atoms with E-state index in [9.17, 15) is 9.90 Å². The minimum absolute atomic E-state index is 0.0945. The number of carbonyl (C=O) groups excluding carboxylic acids is 1. The summed E-state index contributed by atoms with van der Waals surface area (Å²) in [5.74, 6) is 1.92. The molecule has 3 aliphatic rings. The van der Waals surface area contributed by atoms with Crippen molar-refractivity contribution in [1.82, 2.24) is 15.0 Å². The topological polar surface area (TPSA) is 106 Å². The standard InChI is InChI=1S/C26H30N4O4S/c31-21-2-1-3-22(21)34-14-24-27-12-17(13-28-24)16-4-5-20-23(10-16)35-26(29-20)30-25(32)19-11-18(19)15-6-8-33-9-7-15/h4-5,10,12-13,15,18-19,21-22,31H,1-3,6-9,11,14H2,(H,29,30,32)/t18-,19?,21-,22-/m0/s1. The van der Waals surface area contributed by atoms with Crippen molar-refractivity contribution in [3.05, 3.63) is 36.4 Å². The number of hydrogen-bond acceptors (Lipinski definition) is 8. The average molecular weight is 495 g/mol. The van der Waals surface area contributed by atoms with Crippen LogP contribution in [-0.4, -0.2) is 51.4 Å². The molecule has 4 atom stereocenters. The lowest BCUT2D eigenvalue weighted by molar-refractivity contribution is -0.117. The number of nitrogens with one attached hydrogen (secondary N) is 1. The van der Waals surface area contributed by atoms with E-state index in [0.717, 1.165) is 73.1 Å². The summed E-state index contributed by atoms with van der Waals surface area (Å²) in [4.78, 5) is 26.3. The molecule has 2 aromatic heterocycles. The van der Waals surface area contributed by atoms with E-state index in [1.54, 1.807) is 12.4 Å². The van der Waals surface area contributed by atoms with E-state index in [0.29, 0.717) is 29.4 Å². The lowest BCUT2D eigenvalue weighted by atomic mass is 9.93. The molecule has 9 heteroatoms. The third kappa shape index (κ3) is 5.09. The van der Waals surface area contributed by atoms with Crippen LogP contribution in [0.15, 0.2) is 30.6 Å². The summed E-state index contributed by atoms with van der Waals surface area (Å²) < 4.78 is 12.2. The first kappa shape index (κ1) is 23.0. The van der Waals surface area contributed by atoms with Gasteiger partial charge in [-0.2, -0.15) is 0 Å². The molecular weight excluding hydrogens is 464 g/mol. The van der Waals surface area contributed by atoms with Crippen molar-refractivity contribution in [2.24, 2.45) is 17.8 Å². The zero-order chi connectivity index (χ0) is 23.8. The fourth-order valence-electron chi connectivity index (χ4n) is 5.40. The largest absolute Gasteiger partial charge is 0.390 e. The van der Waals surface area contributed by atoms with Gasteiger partial charge in [-0.1, -0.05) is 17.4 Å². The van der Waals surface area contributed by atoms with Gasteiger partial charge in [-0.3, -0.25) is 4.79 Å². The lowest BCUT2D eigenvalue weighted by Gasteiger charge is -2.21. The maximum absolute atomic E-state index is 12.8. The smallest absolute Gasteiger partial charge is 0.229 e. The number of anilines is 1. The Hall–Kier alpha value is -2.46. The summed E-state index contributed by atoms with van der Waals surface area (Å²) in [5, 5.41) is 13.6. The van der Waals surface area contributed by atoms with Gasteiger partial charge in [-0.05, 0) is 68.1 Å². The van der Waals surface area contributed by atoms with Crippen LogP contribution in [-0.2, 0) is 20.9 Å². The lowest BCUT2D eigenvalue weighted by Crippen LogP contribution is -2.22. The molecule has 3 fully saturated rings. The molecule has 3 heterocycles. The molecule has 2 saturated carbocycles. The van der Waals surface area contributed by atoms with Gasteiger partial charge in [0.25, 0.3) is 0 Å². The summed E-state index contributed by atoms with van der Waals surface area (Å²) in [5.41, 5.74) is 2.78. The Labute approximate surface area is 208 Å². The molecule has 0 radical (unpaired) electrons. The summed E-state index contributed by atoms with van der Waals surface area (Å²) in [7, 11) is 0. The van der Waals surface area contributed by atoms with E-state index in [-0.39, 0.29) is 24.0 Å². The number of ether oxygens (including phenoxy) is 2. The highest BCUT2D eigenvalue weighted by atomic mass is 32.1. The number of nitrogens with zero attached hydrogens (tertiary/aromatic N) is 3. The second kappa shape index (κ2) is 9.89. The molecule has 6 rings (SSSR count). The Morgan fingerprint density at radius 1 is 1.14 bits per heavy atom. The Balaban J connectivity index is 1.08. The van der Waals surface area contributed by atoms with Crippen LogP contribution in [0.3, 0.4) is 0 Å². The van der Waals surface area contributed by atoms with Crippen LogP contribution < -0.4 is 5.32 Å². The van der Waals surface area contributed by atoms with Gasteiger partial charge in [0.2, 0.25) is 5.91 Å². The van der Waals surface area contributed by atoms with Gasteiger partial charge in [-0.25, -0.2) is 15.0 Å². The number of amides is 1.